The number of anilines is 1. The molecule has 0 spiro atoms. The zero-order valence-corrected chi connectivity index (χ0v) is 9.24. The second-order valence-electron chi connectivity index (χ2n) is 4.30. The Bertz CT molecular complexity index is 351. The van der Waals surface area contributed by atoms with Gasteiger partial charge in [0.1, 0.15) is 0 Å². The van der Waals surface area contributed by atoms with Crippen molar-refractivity contribution >= 4 is 11.9 Å². The standard InChI is InChI=1S/C12H17NO3/c14-12(15)10-7-8-11(16-10)13-9-5-3-1-2-4-6-9/h7-9,13H,1-6H2,(H,14,15). The molecule has 0 aliphatic heterocycles. The van der Waals surface area contributed by atoms with E-state index in [2.05, 4.69) is 5.32 Å². The Balaban J connectivity index is 1.94. The summed E-state index contributed by atoms with van der Waals surface area (Å²) in [5, 5.41) is 12.0. The lowest BCUT2D eigenvalue weighted by atomic mass is 10.1. The molecule has 0 atom stereocenters. The summed E-state index contributed by atoms with van der Waals surface area (Å²) in [6.45, 7) is 0. The van der Waals surface area contributed by atoms with Gasteiger partial charge in [-0.15, -0.1) is 0 Å². The van der Waals surface area contributed by atoms with Gasteiger partial charge in [-0.1, -0.05) is 25.7 Å². The van der Waals surface area contributed by atoms with Gasteiger partial charge >= 0.3 is 5.97 Å². The lowest BCUT2D eigenvalue weighted by Crippen LogP contribution is -2.17. The van der Waals surface area contributed by atoms with Gasteiger partial charge in [0.25, 0.3) is 0 Å². The number of hydrogen-bond donors (Lipinski definition) is 2. The average molecular weight is 223 g/mol. The number of rotatable bonds is 3. The van der Waals surface area contributed by atoms with Crippen LogP contribution in [0.3, 0.4) is 0 Å². The van der Waals surface area contributed by atoms with Crippen LogP contribution in [0.25, 0.3) is 0 Å². The van der Waals surface area contributed by atoms with E-state index < -0.39 is 5.97 Å². The molecule has 2 rings (SSSR count). The Morgan fingerprint density at radius 1 is 1.25 bits per heavy atom. The topological polar surface area (TPSA) is 62.5 Å². The molecule has 0 bridgehead atoms. The van der Waals surface area contributed by atoms with Gasteiger partial charge in [0.15, 0.2) is 5.88 Å². The number of nitrogens with one attached hydrogen (secondary N) is 1. The van der Waals surface area contributed by atoms with Crippen molar-refractivity contribution < 1.29 is 14.3 Å². The molecule has 0 unspecified atom stereocenters. The molecule has 0 radical (unpaired) electrons. The highest BCUT2D eigenvalue weighted by Crippen LogP contribution is 2.22. The Morgan fingerprint density at radius 2 is 1.94 bits per heavy atom. The molecule has 0 amide bonds. The third kappa shape index (κ3) is 2.78. The van der Waals surface area contributed by atoms with Crippen molar-refractivity contribution in [3.63, 3.8) is 0 Å². The highest BCUT2D eigenvalue weighted by Gasteiger charge is 2.14. The molecular formula is C12H17NO3. The van der Waals surface area contributed by atoms with E-state index in [0.29, 0.717) is 11.9 Å². The third-order valence-electron chi connectivity index (χ3n) is 3.02. The number of furan rings is 1. The van der Waals surface area contributed by atoms with E-state index in [9.17, 15) is 4.79 Å². The van der Waals surface area contributed by atoms with Gasteiger partial charge in [0.05, 0.1) is 0 Å². The number of carboxylic acids is 1. The third-order valence-corrected chi connectivity index (χ3v) is 3.02. The fraction of sp³-hybridized carbons (Fsp3) is 0.583. The molecule has 4 heteroatoms. The molecule has 16 heavy (non-hydrogen) atoms. The lowest BCUT2D eigenvalue weighted by Gasteiger charge is -2.14. The van der Waals surface area contributed by atoms with E-state index in [0.717, 1.165) is 12.8 Å². The van der Waals surface area contributed by atoms with Crippen LogP contribution in [0.15, 0.2) is 16.5 Å². The number of aromatic carboxylic acids is 1. The minimum atomic E-state index is -1.02. The first-order chi connectivity index (χ1) is 7.75. The van der Waals surface area contributed by atoms with Crippen LogP contribution in [0.1, 0.15) is 49.1 Å². The average Bonchev–Trinajstić information content (AvgIpc) is 2.56. The van der Waals surface area contributed by atoms with Gasteiger partial charge in [-0.05, 0) is 18.9 Å². The van der Waals surface area contributed by atoms with E-state index in [1.165, 1.54) is 31.7 Å². The molecule has 1 fully saturated rings. The quantitative estimate of drug-likeness (QED) is 0.773. The maximum absolute atomic E-state index is 10.6. The SMILES string of the molecule is O=C(O)c1ccc(NC2CCCCCC2)o1. The summed E-state index contributed by atoms with van der Waals surface area (Å²) in [6.07, 6.45) is 7.37. The molecule has 88 valence electrons. The van der Waals surface area contributed by atoms with E-state index in [4.69, 9.17) is 9.52 Å². The number of carbonyl (C=O) groups is 1. The predicted octanol–water partition coefficient (Wildman–Crippen LogP) is 3.11. The summed E-state index contributed by atoms with van der Waals surface area (Å²) in [7, 11) is 0. The van der Waals surface area contributed by atoms with Crippen molar-refractivity contribution in [3.05, 3.63) is 17.9 Å². The first-order valence-corrected chi connectivity index (χ1v) is 5.85. The first kappa shape index (κ1) is 11.0. The van der Waals surface area contributed by atoms with Crippen molar-refractivity contribution in [1.82, 2.24) is 0 Å². The Morgan fingerprint density at radius 3 is 2.50 bits per heavy atom. The van der Waals surface area contributed by atoms with Crippen LogP contribution in [0.2, 0.25) is 0 Å². The molecule has 4 nitrogen and oxygen atoms in total. The van der Waals surface area contributed by atoms with Crippen LogP contribution in [-0.4, -0.2) is 17.1 Å². The van der Waals surface area contributed by atoms with Crippen LogP contribution < -0.4 is 5.32 Å². The van der Waals surface area contributed by atoms with Crippen molar-refractivity contribution in [3.8, 4) is 0 Å². The molecule has 2 N–H and O–H groups in total. The Kier molecular flexibility index (Phi) is 3.49. The number of carboxylic acid groups (broad SMARTS) is 1. The molecule has 1 aromatic rings. The highest BCUT2D eigenvalue weighted by atomic mass is 16.4. The molecular weight excluding hydrogens is 206 g/mol. The van der Waals surface area contributed by atoms with Crippen LogP contribution >= 0.6 is 0 Å². The van der Waals surface area contributed by atoms with Crippen molar-refractivity contribution in [2.75, 3.05) is 5.32 Å². The molecule has 0 saturated heterocycles. The summed E-state index contributed by atoms with van der Waals surface area (Å²) in [5.74, 6) is -0.450. The van der Waals surface area contributed by atoms with Crippen LogP contribution in [0.5, 0.6) is 0 Å². The Labute approximate surface area is 94.6 Å². The maximum atomic E-state index is 10.6. The second-order valence-corrected chi connectivity index (χ2v) is 4.30. The summed E-state index contributed by atoms with van der Waals surface area (Å²) in [6, 6.07) is 3.60. The van der Waals surface area contributed by atoms with Gasteiger partial charge in [-0.2, -0.15) is 0 Å². The van der Waals surface area contributed by atoms with Gasteiger partial charge < -0.3 is 14.8 Å². The van der Waals surface area contributed by atoms with Gasteiger partial charge in [-0.3, -0.25) is 0 Å². The highest BCUT2D eigenvalue weighted by molar-refractivity contribution is 5.84. The van der Waals surface area contributed by atoms with E-state index >= 15 is 0 Å². The van der Waals surface area contributed by atoms with Crippen molar-refractivity contribution in [2.45, 2.75) is 44.6 Å². The zero-order valence-electron chi connectivity index (χ0n) is 9.24. The smallest absolute Gasteiger partial charge is 0.371 e. The molecule has 1 aromatic heterocycles. The van der Waals surface area contributed by atoms with Crippen LogP contribution in [0, 0.1) is 0 Å². The fourth-order valence-electron chi connectivity index (χ4n) is 2.16. The van der Waals surface area contributed by atoms with Crippen molar-refractivity contribution in [2.24, 2.45) is 0 Å². The molecule has 1 saturated carbocycles. The van der Waals surface area contributed by atoms with Crippen LogP contribution in [-0.2, 0) is 0 Å². The molecule has 1 heterocycles. The van der Waals surface area contributed by atoms with E-state index in [1.54, 1.807) is 6.07 Å². The molecule has 1 aliphatic rings. The first-order valence-electron chi connectivity index (χ1n) is 5.85. The van der Waals surface area contributed by atoms with Gasteiger partial charge in [0, 0.05) is 12.1 Å². The monoisotopic (exact) mass is 223 g/mol. The van der Waals surface area contributed by atoms with Gasteiger partial charge in [0.2, 0.25) is 5.76 Å². The summed E-state index contributed by atoms with van der Waals surface area (Å²) in [5.41, 5.74) is 0. The number of hydrogen-bond acceptors (Lipinski definition) is 3. The summed E-state index contributed by atoms with van der Waals surface area (Å²) >= 11 is 0. The zero-order chi connectivity index (χ0) is 11.4. The molecule has 1 aliphatic carbocycles. The maximum Gasteiger partial charge on any atom is 0.371 e. The predicted molar refractivity (Wildman–Crippen MR) is 60.8 cm³/mol. The summed E-state index contributed by atoms with van der Waals surface area (Å²) in [4.78, 5) is 10.6. The van der Waals surface area contributed by atoms with E-state index in [-0.39, 0.29) is 5.76 Å². The molecule has 0 aromatic carbocycles. The van der Waals surface area contributed by atoms with Crippen molar-refractivity contribution in [1.29, 1.82) is 0 Å². The van der Waals surface area contributed by atoms with E-state index in [1.807, 2.05) is 0 Å². The summed E-state index contributed by atoms with van der Waals surface area (Å²) < 4.78 is 5.18. The normalized spacial score (nSPS) is 18.0. The minimum absolute atomic E-state index is 0.00359. The largest absolute Gasteiger partial charge is 0.475 e. The minimum Gasteiger partial charge on any atom is -0.475 e. The lowest BCUT2D eigenvalue weighted by molar-refractivity contribution is 0.0663. The van der Waals surface area contributed by atoms with Gasteiger partial charge in [-0.25, -0.2) is 4.79 Å². The fourth-order valence-corrected chi connectivity index (χ4v) is 2.16. The Hall–Kier alpha value is -1.45. The van der Waals surface area contributed by atoms with Crippen LogP contribution in [0.4, 0.5) is 5.88 Å². The second kappa shape index (κ2) is 5.05.